The van der Waals surface area contributed by atoms with E-state index in [0.29, 0.717) is 27.1 Å². The Hall–Kier alpha value is -2.97. The highest BCUT2D eigenvalue weighted by molar-refractivity contribution is 7.14. The van der Waals surface area contributed by atoms with E-state index in [1.807, 2.05) is 24.3 Å². The minimum atomic E-state index is -0.897. The third-order valence-corrected chi connectivity index (χ3v) is 4.55. The first-order chi connectivity index (χ1) is 12.1. The second-order valence-corrected chi connectivity index (χ2v) is 6.09. The highest BCUT2D eigenvalue weighted by Crippen LogP contribution is 2.35. The number of nitrogens with two attached hydrogens (primary N) is 2. The Morgan fingerprint density at radius 2 is 1.76 bits per heavy atom. The van der Waals surface area contributed by atoms with E-state index < -0.39 is 12.1 Å². The Balaban J connectivity index is 1.94. The van der Waals surface area contributed by atoms with E-state index >= 15 is 0 Å². The summed E-state index contributed by atoms with van der Waals surface area (Å²) in [6.45, 7) is 0. The molecule has 0 aliphatic heterocycles. The van der Waals surface area contributed by atoms with Gasteiger partial charge in [0, 0.05) is 5.56 Å². The molecule has 0 radical (unpaired) electrons. The van der Waals surface area contributed by atoms with Crippen molar-refractivity contribution >= 4 is 17.4 Å². The van der Waals surface area contributed by atoms with Gasteiger partial charge in [0.05, 0.1) is 18.7 Å². The predicted molar refractivity (Wildman–Crippen MR) is 94.6 cm³/mol. The van der Waals surface area contributed by atoms with Crippen LogP contribution in [0.25, 0.3) is 10.6 Å². The molecule has 2 aromatic carbocycles. The number of para-hydroxylation sites is 2. The fourth-order valence-corrected chi connectivity index (χ4v) is 3.26. The van der Waals surface area contributed by atoms with Crippen molar-refractivity contribution in [3.63, 3.8) is 0 Å². The van der Waals surface area contributed by atoms with Crippen LogP contribution in [-0.2, 0) is 0 Å². The largest absolute Gasteiger partial charge is 0.496 e. The lowest BCUT2D eigenvalue weighted by Crippen LogP contribution is -2.19. The number of hydrogen-bond donors (Lipinski definition) is 2. The number of rotatable bonds is 5. The lowest BCUT2D eigenvalue weighted by Gasteiger charge is -2.12. The number of aromatic nitrogens is 2. The van der Waals surface area contributed by atoms with Crippen LogP contribution in [0.4, 0.5) is 4.79 Å². The minimum absolute atomic E-state index is 0.302. The molecule has 0 fully saturated rings. The predicted octanol–water partition coefficient (Wildman–Crippen LogP) is 2.72. The van der Waals surface area contributed by atoms with Gasteiger partial charge in [-0.3, -0.25) is 0 Å². The van der Waals surface area contributed by atoms with E-state index in [4.69, 9.17) is 20.9 Å². The summed E-state index contributed by atoms with van der Waals surface area (Å²) in [6, 6.07) is 13.8. The van der Waals surface area contributed by atoms with Gasteiger partial charge in [-0.1, -0.05) is 41.7 Å². The third-order valence-electron chi connectivity index (χ3n) is 3.51. The summed E-state index contributed by atoms with van der Waals surface area (Å²) in [7, 11) is 1.60. The van der Waals surface area contributed by atoms with E-state index in [1.165, 1.54) is 11.3 Å². The molecule has 128 valence electrons. The standard InChI is InChI=1S/C17H16N4O3S/c1-23-12-8-4-3-7-11(12)15-20-21-16(25-15)14(18)10-6-2-5-9-13(10)24-17(19)22/h2-9,14H,18H2,1H3,(H2,19,22). The molecule has 1 amide bonds. The van der Waals surface area contributed by atoms with Gasteiger partial charge in [-0.15, -0.1) is 10.2 Å². The first-order valence-electron chi connectivity index (χ1n) is 7.38. The normalized spacial score (nSPS) is 11.8. The molecule has 0 aliphatic rings. The Kier molecular flexibility index (Phi) is 4.92. The molecular formula is C17H16N4O3S. The van der Waals surface area contributed by atoms with E-state index in [9.17, 15) is 4.79 Å². The molecule has 8 heteroatoms. The van der Waals surface area contributed by atoms with Gasteiger partial charge in [0.1, 0.15) is 16.5 Å². The zero-order valence-electron chi connectivity index (χ0n) is 13.4. The fourth-order valence-electron chi connectivity index (χ4n) is 2.36. The molecule has 0 spiro atoms. The molecule has 25 heavy (non-hydrogen) atoms. The Morgan fingerprint density at radius 3 is 2.48 bits per heavy atom. The molecule has 1 unspecified atom stereocenters. The van der Waals surface area contributed by atoms with Gasteiger partial charge in [-0.25, -0.2) is 4.79 Å². The average molecular weight is 356 g/mol. The zero-order valence-corrected chi connectivity index (χ0v) is 14.2. The van der Waals surface area contributed by atoms with Crippen LogP contribution in [-0.4, -0.2) is 23.4 Å². The first kappa shape index (κ1) is 16.9. The van der Waals surface area contributed by atoms with E-state index in [1.54, 1.807) is 31.4 Å². The average Bonchev–Trinajstić information content (AvgIpc) is 3.11. The summed E-state index contributed by atoms with van der Waals surface area (Å²) in [5.74, 6) is 1.01. The van der Waals surface area contributed by atoms with Crippen molar-refractivity contribution in [1.29, 1.82) is 0 Å². The highest BCUT2D eigenvalue weighted by atomic mass is 32.1. The number of hydrogen-bond acceptors (Lipinski definition) is 7. The van der Waals surface area contributed by atoms with E-state index in [0.717, 1.165) is 5.56 Å². The van der Waals surface area contributed by atoms with Crippen LogP contribution >= 0.6 is 11.3 Å². The number of carbonyl (C=O) groups is 1. The highest BCUT2D eigenvalue weighted by Gasteiger charge is 2.20. The van der Waals surface area contributed by atoms with E-state index in [2.05, 4.69) is 10.2 Å². The lowest BCUT2D eigenvalue weighted by molar-refractivity contribution is 0.210. The van der Waals surface area contributed by atoms with Crippen molar-refractivity contribution in [1.82, 2.24) is 10.2 Å². The Bertz CT molecular complexity index is 897. The van der Waals surface area contributed by atoms with Crippen LogP contribution in [0, 0.1) is 0 Å². The quantitative estimate of drug-likeness (QED) is 0.726. The summed E-state index contributed by atoms with van der Waals surface area (Å²) in [6.07, 6.45) is -0.897. The van der Waals surface area contributed by atoms with Crippen LogP contribution in [0.3, 0.4) is 0 Å². The molecule has 0 saturated heterocycles. The summed E-state index contributed by atoms with van der Waals surface area (Å²) in [4.78, 5) is 11.1. The van der Waals surface area contributed by atoms with Crippen molar-refractivity contribution in [3.05, 3.63) is 59.1 Å². The van der Waals surface area contributed by atoms with Gasteiger partial charge in [0.25, 0.3) is 0 Å². The summed E-state index contributed by atoms with van der Waals surface area (Å²) in [5.41, 5.74) is 12.8. The van der Waals surface area contributed by atoms with Crippen molar-refractivity contribution in [2.45, 2.75) is 6.04 Å². The smallest absolute Gasteiger partial charge is 0.409 e. The van der Waals surface area contributed by atoms with Crippen LogP contribution in [0.5, 0.6) is 11.5 Å². The summed E-state index contributed by atoms with van der Waals surface area (Å²) >= 11 is 1.35. The number of nitrogens with zero attached hydrogens (tertiary/aromatic N) is 2. The summed E-state index contributed by atoms with van der Waals surface area (Å²) < 4.78 is 10.4. The van der Waals surface area contributed by atoms with Gasteiger partial charge in [0.2, 0.25) is 0 Å². The van der Waals surface area contributed by atoms with Gasteiger partial charge in [-0.2, -0.15) is 0 Å². The second kappa shape index (κ2) is 7.29. The number of benzene rings is 2. The molecule has 0 aliphatic carbocycles. The second-order valence-electron chi connectivity index (χ2n) is 5.08. The minimum Gasteiger partial charge on any atom is -0.496 e. The molecule has 1 aromatic heterocycles. The SMILES string of the molecule is COc1ccccc1-c1nnc(C(N)c2ccccc2OC(N)=O)s1. The molecule has 1 atom stereocenters. The molecule has 4 N–H and O–H groups in total. The lowest BCUT2D eigenvalue weighted by atomic mass is 10.1. The molecule has 0 saturated carbocycles. The van der Waals surface area contributed by atoms with Crippen LogP contribution < -0.4 is 20.9 Å². The maximum atomic E-state index is 11.1. The third kappa shape index (κ3) is 3.59. The number of ether oxygens (including phenoxy) is 2. The maximum absolute atomic E-state index is 11.1. The van der Waals surface area contributed by atoms with Crippen molar-refractivity contribution in [3.8, 4) is 22.1 Å². The van der Waals surface area contributed by atoms with Gasteiger partial charge < -0.3 is 20.9 Å². The molecule has 0 bridgehead atoms. The van der Waals surface area contributed by atoms with Crippen LogP contribution in [0.1, 0.15) is 16.6 Å². The number of carbonyl (C=O) groups excluding carboxylic acids is 1. The molecule has 3 aromatic rings. The van der Waals surface area contributed by atoms with Gasteiger partial charge >= 0.3 is 6.09 Å². The maximum Gasteiger partial charge on any atom is 0.409 e. The molecule has 1 heterocycles. The van der Waals surface area contributed by atoms with Crippen molar-refractivity contribution < 1.29 is 14.3 Å². The molecule has 3 rings (SSSR count). The van der Waals surface area contributed by atoms with E-state index in [-0.39, 0.29) is 0 Å². The van der Waals surface area contributed by atoms with Gasteiger partial charge in [0.15, 0.2) is 5.01 Å². The number of methoxy groups -OCH3 is 1. The first-order valence-corrected chi connectivity index (χ1v) is 8.20. The van der Waals surface area contributed by atoms with Gasteiger partial charge in [-0.05, 0) is 18.2 Å². The summed E-state index contributed by atoms with van der Waals surface area (Å²) in [5, 5.41) is 9.66. The Morgan fingerprint density at radius 1 is 1.08 bits per heavy atom. The van der Waals surface area contributed by atoms with Crippen molar-refractivity contribution in [2.24, 2.45) is 11.5 Å². The topological polar surface area (TPSA) is 113 Å². The molecule has 7 nitrogen and oxygen atoms in total. The molecular weight excluding hydrogens is 340 g/mol. The zero-order chi connectivity index (χ0) is 17.8. The Labute approximate surface area is 148 Å². The van der Waals surface area contributed by atoms with Crippen molar-refractivity contribution in [2.75, 3.05) is 7.11 Å². The number of amides is 1. The van der Waals surface area contributed by atoms with Crippen LogP contribution in [0.2, 0.25) is 0 Å². The number of primary amides is 1. The van der Waals surface area contributed by atoms with Crippen LogP contribution in [0.15, 0.2) is 48.5 Å². The monoisotopic (exact) mass is 356 g/mol. The fraction of sp³-hybridized carbons (Fsp3) is 0.118.